The molecule has 0 saturated heterocycles. The quantitative estimate of drug-likeness (QED) is 0.573. The van der Waals surface area contributed by atoms with E-state index in [4.69, 9.17) is 9.47 Å². The van der Waals surface area contributed by atoms with Gasteiger partial charge in [0, 0.05) is 12.3 Å². The second kappa shape index (κ2) is 6.19. The first-order valence-corrected chi connectivity index (χ1v) is 5.76. The van der Waals surface area contributed by atoms with Gasteiger partial charge in [0.1, 0.15) is 6.61 Å². The summed E-state index contributed by atoms with van der Waals surface area (Å²) in [7, 11) is 1.37. The summed E-state index contributed by atoms with van der Waals surface area (Å²) in [5.41, 5.74) is 0.385. The maximum Gasteiger partial charge on any atom is 0.314 e. The molecule has 1 rings (SSSR count). The average molecular weight is 249 g/mol. The van der Waals surface area contributed by atoms with Crippen molar-refractivity contribution in [3.05, 3.63) is 36.5 Å². The first-order valence-electron chi connectivity index (χ1n) is 5.76. The van der Waals surface area contributed by atoms with Crippen LogP contribution in [0.4, 0.5) is 0 Å². The number of ether oxygens (including phenoxy) is 2. The number of methoxy groups -OCH3 is 1. The van der Waals surface area contributed by atoms with Gasteiger partial charge >= 0.3 is 5.97 Å². The van der Waals surface area contributed by atoms with Crippen LogP contribution >= 0.6 is 0 Å². The highest BCUT2D eigenvalue weighted by atomic mass is 16.5. The minimum absolute atomic E-state index is 0.226. The number of hydrogen-bond acceptors (Lipinski definition) is 4. The average Bonchev–Trinajstić information content (AvgIpc) is 2.36. The summed E-state index contributed by atoms with van der Waals surface area (Å²) < 4.78 is 10.2. The molecule has 1 aromatic heterocycles. The molecule has 1 aromatic rings. The fourth-order valence-corrected chi connectivity index (χ4v) is 1.41. The van der Waals surface area contributed by atoms with Gasteiger partial charge < -0.3 is 9.47 Å². The first kappa shape index (κ1) is 14.2. The Morgan fingerprint density at radius 1 is 1.56 bits per heavy atom. The SMILES string of the molecule is C=CCc1ccnc(OCC(C)(C)C(=O)OC)c1. The Hall–Kier alpha value is -1.84. The van der Waals surface area contributed by atoms with E-state index < -0.39 is 5.41 Å². The van der Waals surface area contributed by atoms with E-state index in [9.17, 15) is 4.79 Å². The third-order valence-corrected chi connectivity index (χ3v) is 2.50. The molecule has 0 fully saturated rings. The molecule has 18 heavy (non-hydrogen) atoms. The molecule has 0 spiro atoms. The highest BCUT2D eigenvalue weighted by Gasteiger charge is 2.29. The van der Waals surface area contributed by atoms with Gasteiger partial charge in [-0.2, -0.15) is 0 Å². The minimum Gasteiger partial charge on any atom is -0.476 e. The van der Waals surface area contributed by atoms with Crippen molar-refractivity contribution in [1.82, 2.24) is 4.98 Å². The van der Waals surface area contributed by atoms with E-state index in [1.165, 1.54) is 7.11 Å². The zero-order chi connectivity index (χ0) is 13.6. The van der Waals surface area contributed by atoms with Crippen molar-refractivity contribution in [2.24, 2.45) is 5.41 Å². The molecule has 0 unspecified atom stereocenters. The van der Waals surface area contributed by atoms with Gasteiger partial charge in [0.15, 0.2) is 0 Å². The second-order valence-corrected chi connectivity index (χ2v) is 4.66. The van der Waals surface area contributed by atoms with E-state index in [1.54, 1.807) is 20.0 Å². The summed E-state index contributed by atoms with van der Waals surface area (Å²) in [5, 5.41) is 0. The summed E-state index contributed by atoms with van der Waals surface area (Å²) in [6, 6.07) is 3.75. The van der Waals surface area contributed by atoms with Gasteiger partial charge in [0.05, 0.1) is 12.5 Å². The van der Waals surface area contributed by atoms with Crippen LogP contribution < -0.4 is 4.74 Å². The Morgan fingerprint density at radius 3 is 2.89 bits per heavy atom. The Kier molecular flexibility index (Phi) is 4.89. The highest BCUT2D eigenvalue weighted by molar-refractivity contribution is 5.75. The molecule has 0 bridgehead atoms. The Balaban J connectivity index is 2.65. The van der Waals surface area contributed by atoms with Gasteiger partial charge in [0.25, 0.3) is 0 Å². The van der Waals surface area contributed by atoms with Gasteiger partial charge in [-0.25, -0.2) is 4.98 Å². The maximum atomic E-state index is 11.5. The van der Waals surface area contributed by atoms with Crippen molar-refractivity contribution in [1.29, 1.82) is 0 Å². The van der Waals surface area contributed by atoms with Crippen LogP contribution in [-0.2, 0) is 16.0 Å². The van der Waals surface area contributed by atoms with Crippen LogP contribution in [0.15, 0.2) is 31.0 Å². The predicted molar refractivity (Wildman–Crippen MR) is 69.4 cm³/mol. The number of rotatable bonds is 6. The standard InChI is InChI=1S/C14H19NO3/c1-5-6-11-7-8-15-12(9-11)18-10-14(2,3)13(16)17-4/h5,7-9H,1,6,10H2,2-4H3. The van der Waals surface area contributed by atoms with Gasteiger partial charge in [-0.1, -0.05) is 6.08 Å². The molecule has 4 heteroatoms. The molecule has 0 atom stereocenters. The van der Waals surface area contributed by atoms with Crippen LogP contribution in [0.3, 0.4) is 0 Å². The summed E-state index contributed by atoms with van der Waals surface area (Å²) in [4.78, 5) is 15.6. The highest BCUT2D eigenvalue weighted by Crippen LogP contribution is 2.19. The van der Waals surface area contributed by atoms with Gasteiger partial charge in [-0.15, -0.1) is 6.58 Å². The molecule has 0 radical (unpaired) electrons. The molecule has 0 aliphatic carbocycles. The monoisotopic (exact) mass is 249 g/mol. The van der Waals surface area contributed by atoms with Crippen LogP contribution in [0.2, 0.25) is 0 Å². The molecule has 0 aliphatic heterocycles. The molecule has 0 saturated carbocycles. The molecule has 0 amide bonds. The number of pyridine rings is 1. The van der Waals surface area contributed by atoms with Crippen molar-refractivity contribution >= 4 is 5.97 Å². The Bertz CT molecular complexity index is 427. The van der Waals surface area contributed by atoms with Crippen LogP contribution in [0.5, 0.6) is 5.88 Å². The molecule has 98 valence electrons. The van der Waals surface area contributed by atoms with Crippen molar-refractivity contribution in [2.45, 2.75) is 20.3 Å². The third kappa shape index (κ3) is 3.87. The largest absolute Gasteiger partial charge is 0.476 e. The molecule has 0 aromatic carbocycles. The Morgan fingerprint density at radius 2 is 2.28 bits per heavy atom. The van der Waals surface area contributed by atoms with E-state index in [2.05, 4.69) is 11.6 Å². The topological polar surface area (TPSA) is 48.4 Å². The lowest BCUT2D eigenvalue weighted by molar-refractivity contribution is -0.152. The van der Waals surface area contributed by atoms with Gasteiger partial charge in [-0.3, -0.25) is 4.79 Å². The maximum absolute atomic E-state index is 11.5. The number of allylic oxidation sites excluding steroid dienone is 1. The number of hydrogen-bond donors (Lipinski definition) is 0. The second-order valence-electron chi connectivity index (χ2n) is 4.66. The normalized spacial score (nSPS) is 10.8. The van der Waals surface area contributed by atoms with Crippen molar-refractivity contribution in [3.8, 4) is 5.88 Å². The molecule has 1 heterocycles. The van der Waals surface area contributed by atoms with Crippen molar-refractivity contribution in [2.75, 3.05) is 13.7 Å². The van der Waals surface area contributed by atoms with E-state index in [0.29, 0.717) is 5.88 Å². The van der Waals surface area contributed by atoms with E-state index in [-0.39, 0.29) is 12.6 Å². The van der Waals surface area contributed by atoms with Gasteiger partial charge in [-0.05, 0) is 31.9 Å². The van der Waals surface area contributed by atoms with Crippen LogP contribution in [-0.4, -0.2) is 24.7 Å². The number of nitrogens with zero attached hydrogens (tertiary/aromatic N) is 1. The molecule has 0 N–H and O–H groups in total. The fourth-order valence-electron chi connectivity index (χ4n) is 1.41. The van der Waals surface area contributed by atoms with Crippen LogP contribution in [0, 0.1) is 5.41 Å². The summed E-state index contributed by atoms with van der Waals surface area (Å²) in [5.74, 6) is 0.205. The number of carbonyl (C=O) groups is 1. The number of carbonyl (C=O) groups excluding carboxylic acids is 1. The molecular formula is C14H19NO3. The zero-order valence-electron chi connectivity index (χ0n) is 11.1. The summed E-state index contributed by atoms with van der Waals surface area (Å²) in [6.07, 6.45) is 4.26. The molecule has 0 aliphatic rings. The molecule has 4 nitrogen and oxygen atoms in total. The van der Waals surface area contributed by atoms with Crippen molar-refractivity contribution < 1.29 is 14.3 Å². The van der Waals surface area contributed by atoms with E-state index in [0.717, 1.165) is 12.0 Å². The minimum atomic E-state index is -0.690. The van der Waals surface area contributed by atoms with E-state index in [1.807, 2.05) is 18.2 Å². The van der Waals surface area contributed by atoms with Crippen LogP contribution in [0.25, 0.3) is 0 Å². The number of aromatic nitrogens is 1. The first-order chi connectivity index (χ1) is 8.49. The molecular weight excluding hydrogens is 230 g/mol. The summed E-state index contributed by atoms with van der Waals surface area (Å²) in [6.45, 7) is 7.45. The lowest BCUT2D eigenvalue weighted by Crippen LogP contribution is -2.32. The van der Waals surface area contributed by atoms with Crippen molar-refractivity contribution in [3.63, 3.8) is 0 Å². The van der Waals surface area contributed by atoms with E-state index >= 15 is 0 Å². The predicted octanol–water partition coefficient (Wildman–Crippen LogP) is 2.39. The zero-order valence-corrected chi connectivity index (χ0v) is 11.1. The lowest BCUT2D eigenvalue weighted by Gasteiger charge is -2.21. The van der Waals surface area contributed by atoms with Crippen LogP contribution in [0.1, 0.15) is 19.4 Å². The fraction of sp³-hybridized carbons (Fsp3) is 0.429. The summed E-state index contributed by atoms with van der Waals surface area (Å²) >= 11 is 0. The van der Waals surface area contributed by atoms with Gasteiger partial charge in [0.2, 0.25) is 5.88 Å². The lowest BCUT2D eigenvalue weighted by atomic mass is 9.95. The smallest absolute Gasteiger partial charge is 0.314 e. The number of esters is 1. The third-order valence-electron chi connectivity index (χ3n) is 2.50. The Labute approximate surface area is 108 Å².